The molecule has 1 nitrogen and oxygen atoms in total. The molecule has 0 aliphatic heterocycles. The Kier molecular flexibility index (Phi) is 9.94. The molecule has 0 fully saturated rings. The summed E-state index contributed by atoms with van der Waals surface area (Å²) in [4.78, 5) is 0. The Morgan fingerprint density at radius 3 is 2.06 bits per heavy atom. The molecule has 0 aromatic carbocycles. The van der Waals surface area contributed by atoms with Crippen LogP contribution in [0.4, 0.5) is 0 Å². The third kappa shape index (κ3) is 6.74. The van der Waals surface area contributed by atoms with Gasteiger partial charge in [-0.2, -0.15) is 0 Å². The molecule has 18 heavy (non-hydrogen) atoms. The van der Waals surface area contributed by atoms with Crippen molar-refractivity contribution >= 4 is 0 Å². The Morgan fingerprint density at radius 2 is 1.61 bits per heavy atom. The van der Waals surface area contributed by atoms with Crippen molar-refractivity contribution in [1.29, 1.82) is 0 Å². The van der Waals surface area contributed by atoms with E-state index < -0.39 is 0 Å². The SMILES string of the molecule is CCC(CN[I-]CC(C)[C@@H](C)CC)C(C)(C)CC. The molecule has 2 heteroatoms. The topological polar surface area (TPSA) is 12.0 Å². The van der Waals surface area contributed by atoms with Gasteiger partial charge in [-0.15, -0.1) is 0 Å². The van der Waals surface area contributed by atoms with Crippen molar-refractivity contribution in [1.82, 2.24) is 3.53 Å². The number of alkyl halides is 1. The number of rotatable bonds is 10. The summed E-state index contributed by atoms with van der Waals surface area (Å²) in [5.41, 5.74) is 0.494. The Hall–Kier alpha value is 0.690. The van der Waals surface area contributed by atoms with Crippen molar-refractivity contribution in [3.05, 3.63) is 0 Å². The fraction of sp³-hybridized carbons (Fsp3) is 1.00. The molecule has 0 aromatic rings. The summed E-state index contributed by atoms with van der Waals surface area (Å²) in [6.45, 7) is 17.9. The van der Waals surface area contributed by atoms with E-state index in [1.54, 1.807) is 0 Å². The van der Waals surface area contributed by atoms with Gasteiger partial charge in [-0.25, -0.2) is 0 Å². The Labute approximate surface area is 127 Å². The first-order chi connectivity index (χ1) is 8.38. The van der Waals surface area contributed by atoms with Crippen molar-refractivity contribution < 1.29 is 21.5 Å². The van der Waals surface area contributed by atoms with E-state index in [2.05, 4.69) is 52.0 Å². The first-order valence-corrected chi connectivity index (χ1v) is 10.3. The summed E-state index contributed by atoms with van der Waals surface area (Å²) < 4.78 is 5.22. The van der Waals surface area contributed by atoms with E-state index >= 15 is 0 Å². The summed E-state index contributed by atoms with van der Waals surface area (Å²) in [7, 11) is 0. The summed E-state index contributed by atoms with van der Waals surface area (Å²) in [6, 6.07) is 0. The van der Waals surface area contributed by atoms with E-state index in [1.165, 1.54) is 30.2 Å². The van der Waals surface area contributed by atoms with Crippen LogP contribution in [0.2, 0.25) is 0 Å². The van der Waals surface area contributed by atoms with Crippen LogP contribution in [0.1, 0.15) is 67.7 Å². The molecule has 0 saturated carbocycles. The average molecular weight is 368 g/mol. The maximum absolute atomic E-state index is 3.80. The summed E-state index contributed by atoms with van der Waals surface area (Å²) in [6.07, 6.45) is 3.92. The van der Waals surface area contributed by atoms with E-state index in [0.29, 0.717) is 5.41 Å². The van der Waals surface area contributed by atoms with Crippen LogP contribution in [0.25, 0.3) is 0 Å². The predicted molar refractivity (Wildman–Crippen MR) is 79.3 cm³/mol. The molecule has 0 rings (SSSR count). The number of halogens is 1. The van der Waals surface area contributed by atoms with Gasteiger partial charge >= 0.3 is 127 Å². The van der Waals surface area contributed by atoms with Crippen LogP contribution in [0.5, 0.6) is 0 Å². The molecule has 3 atom stereocenters. The van der Waals surface area contributed by atoms with Gasteiger partial charge in [0.25, 0.3) is 0 Å². The molecule has 0 bridgehead atoms. The van der Waals surface area contributed by atoms with Gasteiger partial charge in [-0.1, -0.05) is 0 Å². The van der Waals surface area contributed by atoms with Crippen molar-refractivity contribution in [2.45, 2.75) is 67.7 Å². The Bertz CT molecular complexity index is 203. The van der Waals surface area contributed by atoms with Crippen molar-refractivity contribution in [3.63, 3.8) is 0 Å². The van der Waals surface area contributed by atoms with E-state index in [1.807, 2.05) is 0 Å². The number of nitrogens with one attached hydrogen (secondary N) is 1. The number of hydrogen-bond donors (Lipinski definition) is 1. The van der Waals surface area contributed by atoms with Gasteiger partial charge in [0.15, 0.2) is 0 Å². The number of hydrogen-bond acceptors (Lipinski definition) is 1. The predicted octanol–water partition coefficient (Wildman–Crippen LogP) is 1.72. The van der Waals surface area contributed by atoms with Crippen LogP contribution in [0.3, 0.4) is 0 Å². The molecule has 0 aliphatic rings. The Morgan fingerprint density at radius 1 is 1.00 bits per heavy atom. The zero-order valence-electron chi connectivity index (χ0n) is 13.6. The molecule has 0 amide bonds. The average Bonchev–Trinajstić information content (AvgIpc) is 2.37. The fourth-order valence-corrected chi connectivity index (χ4v) is 4.86. The zero-order chi connectivity index (χ0) is 14.2. The van der Waals surface area contributed by atoms with Gasteiger partial charge in [0.1, 0.15) is 0 Å². The van der Waals surface area contributed by atoms with Crippen LogP contribution in [-0.2, 0) is 0 Å². The van der Waals surface area contributed by atoms with Crippen LogP contribution < -0.4 is 25.0 Å². The van der Waals surface area contributed by atoms with Gasteiger partial charge in [0.05, 0.1) is 0 Å². The molecule has 112 valence electrons. The summed E-state index contributed by atoms with van der Waals surface area (Å²) >= 11 is 0.202. The second-order valence-electron chi connectivity index (χ2n) is 6.44. The molecule has 0 saturated heterocycles. The van der Waals surface area contributed by atoms with Gasteiger partial charge in [0.2, 0.25) is 0 Å². The van der Waals surface area contributed by atoms with Crippen LogP contribution >= 0.6 is 0 Å². The molecule has 0 radical (unpaired) electrons. The van der Waals surface area contributed by atoms with Crippen molar-refractivity contribution in [3.8, 4) is 0 Å². The minimum atomic E-state index is 0.202. The molecule has 2 unspecified atom stereocenters. The van der Waals surface area contributed by atoms with Crippen molar-refractivity contribution in [2.24, 2.45) is 23.2 Å². The van der Waals surface area contributed by atoms with E-state index in [-0.39, 0.29) is 21.5 Å². The van der Waals surface area contributed by atoms with Gasteiger partial charge < -0.3 is 0 Å². The van der Waals surface area contributed by atoms with E-state index in [4.69, 9.17) is 0 Å². The quantitative estimate of drug-likeness (QED) is 0.268. The van der Waals surface area contributed by atoms with Crippen LogP contribution in [0, 0.1) is 23.2 Å². The molecular weight excluding hydrogens is 333 g/mol. The molecule has 0 aliphatic carbocycles. The molecule has 0 heterocycles. The standard InChI is InChI=1S/C16H35IN/c1-8-13(4)14(5)11-17-18-12-15(9-2)16(6,7)10-3/h13-15,18H,8-12H2,1-7H3/q-1/t13-,14?,15?/m0/s1. The minimum absolute atomic E-state index is 0.202. The van der Waals surface area contributed by atoms with Gasteiger partial charge in [0, 0.05) is 0 Å². The van der Waals surface area contributed by atoms with Crippen LogP contribution in [-0.4, -0.2) is 11.0 Å². The zero-order valence-corrected chi connectivity index (χ0v) is 15.8. The van der Waals surface area contributed by atoms with E-state index in [9.17, 15) is 0 Å². The monoisotopic (exact) mass is 368 g/mol. The van der Waals surface area contributed by atoms with Gasteiger partial charge in [-0.05, 0) is 0 Å². The summed E-state index contributed by atoms with van der Waals surface area (Å²) in [5, 5.41) is 0. The molecule has 0 aromatic heterocycles. The first-order valence-electron chi connectivity index (χ1n) is 7.69. The second kappa shape index (κ2) is 9.57. The normalized spacial score (nSPS) is 17.7. The van der Waals surface area contributed by atoms with Crippen LogP contribution in [0.15, 0.2) is 0 Å². The van der Waals surface area contributed by atoms with Crippen molar-refractivity contribution in [2.75, 3.05) is 11.0 Å². The van der Waals surface area contributed by atoms with Gasteiger partial charge in [-0.3, -0.25) is 0 Å². The molecular formula is C16H35IN-. The maximum atomic E-state index is 3.80. The third-order valence-electron chi connectivity index (χ3n) is 4.86. The third-order valence-corrected chi connectivity index (χ3v) is 7.67. The Balaban J connectivity index is 3.89. The molecule has 1 N–H and O–H groups in total. The second-order valence-corrected chi connectivity index (χ2v) is 8.84. The molecule has 0 spiro atoms. The summed E-state index contributed by atoms with van der Waals surface area (Å²) in [5.74, 6) is 2.62. The van der Waals surface area contributed by atoms with E-state index in [0.717, 1.165) is 17.8 Å². The first kappa shape index (κ1) is 18.7. The fourth-order valence-electron chi connectivity index (χ4n) is 2.14.